The Morgan fingerprint density at radius 3 is 3.00 bits per heavy atom. The summed E-state index contributed by atoms with van der Waals surface area (Å²) in [5, 5.41) is 20.4. The van der Waals surface area contributed by atoms with Gasteiger partial charge in [0.05, 0.1) is 12.9 Å². The van der Waals surface area contributed by atoms with Crippen LogP contribution in [0, 0.1) is 0 Å². The molecule has 4 rings (SSSR count). The van der Waals surface area contributed by atoms with Crippen molar-refractivity contribution in [2.75, 3.05) is 19.0 Å². The van der Waals surface area contributed by atoms with Gasteiger partial charge in [0, 0.05) is 18.1 Å². The first-order valence-corrected chi connectivity index (χ1v) is 8.33. The van der Waals surface area contributed by atoms with Gasteiger partial charge in [-0.05, 0) is 35.7 Å². The predicted octanol–water partition coefficient (Wildman–Crippen LogP) is 3.25. The largest absolute Gasteiger partial charge is 0.467 e. The lowest BCUT2D eigenvalue weighted by Gasteiger charge is -2.16. The van der Waals surface area contributed by atoms with Crippen molar-refractivity contribution in [3.8, 4) is 11.4 Å². The molecule has 0 spiro atoms. The monoisotopic (exact) mass is 341 g/mol. The molecule has 0 bridgehead atoms. The van der Waals surface area contributed by atoms with Gasteiger partial charge in [0.1, 0.15) is 17.6 Å². The molecule has 0 saturated heterocycles. The number of hydrogen-bond acceptors (Lipinski definition) is 7. The zero-order chi connectivity index (χ0) is 16.4. The molecule has 122 valence electrons. The van der Waals surface area contributed by atoms with Crippen LogP contribution in [0.4, 0.5) is 5.82 Å². The molecule has 7 nitrogen and oxygen atoms in total. The topological polar surface area (TPSA) is 77.5 Å². The van der Waals surface area contributed by atoms with E-state index < -0.39 is 0 Å². The SMILES string of the molecule is COCC(Nc1ccc2nnc(-c3ccsc3)n2n1)c1ccco1. The molecule has 0 aliphatic heterocycles. The van der Waals surface area contributed by atoms with Crippen LogP contribution in [0.5, 0.6) is 0 Å². The summed E-state index contributed by atoms with van der Waals surface area (Å²) >= 11 is 1.61. The van der Waals surface area contributed by atoms with Crippen molar-refractivity contribution in [1.82, 2.24) is 19.8 Å². The number of aromatic nitrogens is 4. The number of furan rings is 1. The fraction of sp³-hybridized carbons (Fsp3) is 0.188. The highest BCUT2D eigenvalue weighted by Crippen LogP contribution is 2.23. The Morgan fingerprint density at radius 1 is 1.29 bits per heavy atom. The Hall–Kier alpha value is -2.71. The second kappa shape index (κ2) is 6.42. The Bertz CT molecular complexity index is 917. The van der Waals surface area contributed by atoms with Crippen molar-refractivity contribution in [3.05, 3.63) is 53.1 Å². The van der Waals surface area contributed by atoms with E-state index in [1.54, 1.807) is 29.2 Å². The average Bonchev–Trinajstić information content (AvgIpc) is 3.34. The zero-order valence-corrected chi connectivity index (χ0v) is 13.7. The van der Waals surface area contributed by atoms with Crippen molar-refractivity contribution in [3.63, 3.8) is 0 Å². The maximum absolute atomic E-state index is 5.48. The molecule has 0 radical (unpaired) electrons. The van der Waals surface area contributed by atoms with Crippen LogP contribution in [0.3, 0.4) is 0 Å². The number of thiophene rings is 1. The van der Waals surface area contributed by atoms with Crippen molar-refractivity contribution in [2.45, 2.75) is 6.04 Å². The Kier molecular flexibility index (Phi) is 3.97. The second-order valence-electron chi connectivity index (χ2n) is 5.19. The van der Waals surface area contributed by atoms with E-state index in [2.05, 4.69) is 20.6 Å². The third kappa shape index (κ3) is 2.77. The maximum atomic E-state index is 5.48. The van der Waals surface area contributed by atoms with Gasteiger partial charge < -0.3 is 14.5 Å². The van der Waals surface area contributed by atoms with E-state index in [1.807, 2.05) is 41.1 Å². The minimum Gasteiger partial charge on any atom is -0.467 e. The van der Waals surface area contributed by atoms with E-state index in [0.717, 1.165) is 17.1 Å². The predicted molar refractivity (Wildman–Crippen MR) is 91.0 cm³/mol. The van der Waals surface area contributed by atoms with E-state index in [4.69, 9.17) is 9.15 Å². The number of hydrogen-bond donors (Lipinski definition) is 1. The summed E-state index contributed by atoms with van der Waals surface area (Å²) < 4.78 is 12.5. The molecule has 1 N–H and O–H groups in total. The van der Waals surface area contributed by atoms with Crippen LogP contribution in [-0.2, 0) is 4.74 Å². The summed E-state index contributed by atoms with van der Waals surface area (Å²) in [6.07, 6.45) is 1.64. The lowest BCUT2D eigenvalue weighted by Crippen LogP contribution is -2.17. The van der Waals surface area contributed by atoms with Crippen LogP contribution >= 0.6 is 11.3 Å². The van der Waals surface area contributed by atoms with Gasteiger partial charge in [0.2, 0.25) is 0 Å². The van der Waals surface area contributed by atoms with Gasteiger partial charge in [-0.1, -0.05) is 0 Å². The smallest absolute Gasteiger partial charge is 0.186 e. The molecule has 0 fully saturated rings. The van der Waals surface area contributed by atoms with E-state index >= 15 is 0 Å². The van der Waals surface area contributed by atoms with Gasteiger partial charge in [0.15, 0.2) is 11.5 Å². The van der Waals surface area contributed by atoms with Gasteiger partial charge in [-0.25, -0.2) is 0 Å². The molecule has 4 aromatic rings. The van der Waals surface area contributed by atoms with Crippen LogP contribution < -0.4 is 5.32 Å². The summed E-state index contributed by atoms with van der Waals surface area (Å²) in [6.45, 7) is 0.465. The normalized spacial score (nSPS) is 12.5. The molecule has 0 saturated carbocycles. The summed E-state index contributed by atoms with van der Waals surface area (Å²) in [4.78, 5) is 0. The number of ether oxygens (including phenoxy) is 1. The van der Waals surface area contributed by atoms with Gasteiger partial charge >= 0.3 is 0 Å². The van der Waals surface area contributed by atoms with Gasteiger partial charge in [-0.2, -0.15) is 15.9 Å². The summed E-state index contributed by atoms with van der Waals surface area (Å²) in [5.41, 5.74) is 1.69. The van der Waals surface area contributed by atoms with Crippen molar-refractivity contribution < 1.29 is 9.15 Å². The summed E-state index contributed by atoms with van der Waals surface area (Å²) in [5.74, 6) is 2.20. The summed E-state index contributed by atoms with van der Waals surface area (Å²) in [7, 11) is 1.66. The lowest BCUT2D eigenvalue weighted by atomic mass is 10.2. The third-order valence-electron chi connectivity index (χ3n) is 3.58. The first-order valence-electron chi connectivity index (χ1n) is 7.39. The van der Waals surface area contributed by atoms with Gasteiger partial charge in [-0.3, -0.25) is 0 Å². The average molecular weight is 341 g/mol. The Labute approximate surface area is 141 Å². The Balaban J connectivity index is 1.68. The minimum atomic E-state index is -0.129. The number of rotatable bonds is 6. The van der Waals surface area contributed by atoms with Gasteiger partial charge in [0.25, 0.3) is 0 Å². The molecule has 0 aliphatic carbocycles. The highest BCUT2D eigenvalue weighted by molar-refractivity contribution is 7.08. The van der Waals surface area contributed by atoms with E-state index in [-0.39, 0.29) is 6.04 Å². The van der Waals surface area contributed by atoms with E-state index in [0.29, 0.717) is 18.1 Å². The van der Waals surface area contributed by atoms with Crippen LogP contribution in [0.1, 0.15) is 11.8 Å². The van der Waals surface area contributed by atoms with Gasteiger partial charge in [-0.15, -0.1) is 15.3 Å². The van der Waals surface area contributed by atoms with Crippen LogP contribution in [-0.4, -0.2) is 33.5 Å². The van der Waals surface area contributed by atoms with Crippen LogP contribution in [0.25, 0.3) is 17.0 Å². The first-order chi connectivity index (χ1) is 11.8. The number of nitrogens with zero attached hydrogens (tertiary/aromatic N) is 4. The molecular weight excluding hydrogens is 326 g/mol. The van der Waals surface area contributed by atoms with E-state index in [9.17, 15) is 0 Å². The number of anilines is 1. The van der Waals surface area contributed by atoms with Crippen molar-refractivity contribution >= 4 is 22.8 Å². The molecule has 8 heteroatoms. The zero-order valence-electron chi connectivity index (χ0n) is 12.9. The standard InChI is InChI=1S/C16H15N5O2S/c1-22-9-12(13-3-2-7-23-13)17-14-4-5-15-18-19-16(21(15)20-14)11-6-8-24-10-11/h2-8,10,12H,9H2,1H3,(H,17,20). The minimum absolute atomic E-state index is 0.129. The molecule has 24 heavy (non-hydrogen) atoms. The highest BCUT2D eigenvalue weighted by atomic mass is 32.1. The quantitative estimate of drug-likeness (QED) is 0.580. The number of methoxy groups -OCH3 is 1. The Morgan fingerprint density at radius 2 is 2.25 bits per heavy atom. The molecule has 0 aromatic carbocycles. The lowest BCUT2D eigenvalue weighted by molar-refractivity contribution is 0.178. The second-order valence-corrected chi connectivity index (χ2v) is 5.97. The number of nitrogens with one attached hydrogen (secondary N) is 1. The van der Waals surface area contributed by atoms with E-state index in [1.165, 1.54) is 0 Å². The number of fused-ring (bicyclic) bond motifs is 1. The first kappa shape index (κ1) is 14.9. The highest BCUT2D eigenvalue weighted by Gasteiger charge is 2.16. The molecule has 4 heterocycles. The molecular formula is C16H15N5O2S. The van der Waals surface area contributed by atoms with Crippen LogP contribution in [0.2, 0.25) is 0 Å². The molecule has 1 unspecified atom stereocenters. The molecule has 4 aromatic heterocycles. The summed E-state index contributed by atoms with van der Waals surface area (Å²) in [6, 6.07) is 9.38. The maximum Gasteiger partial charge on any atom is 0.186 e. The third-order valence-corrected chi connectivity index (χ3v) is 4.27. The van der Waals surface area contributed by atoms with Crippen molar-refractivity contribution in [2.24, 2.45) is 0 Å². The van der Waals surface area contributed by atoms with Crippen molar-refractivity contribution in [1.29, 1.82) is 0 Å². The molecule has 1 atom stereocenters. The fourth-order valence-electron chi connectivity index (χ4n) is 2.47. The molecule has 0 aliphatic rings. The fourth-order valence-corrected chi connectivity index (χ4v) is 3.10. The van der Waals surface area contributed by atoms with Crippen LogP contribution in [0.15, 0.2) is 51.8 Å². The molecule has 0 amide bonds.